The van der Waals surface area contributed by atoms with E-state index in [9.17, 15) is 14.0 Å². The number of alkyl halides is 1. The fourth-order valence-corrected chi connectivity index (χ4v) is 4.19. The number of halogens is 1. The first-order chi connectivity index (χ1) is 15.9. The molecule has 0 bridgehead atoms. The predicted molar refractivity (Wildman–Crippen MR) is 128 cm³/mol. The molecule has 2 unspecified atom stereocenters. The summed E-state index contributed by atoms with van der Waals surface area (Å²) in [6.07, 6.45) is -1.09. The van der Waals surface area contributed by atoms with E-state index in [0.717, 1.165) is 16.8 Å². The summed E-state index contributed by atoms with van der Waals surface area (Å²) in [6.45, 7) is 0.189. The van der Waals surface area contributed by atoms with Crippen LogP contribution in [0.1, 0.15) is 33.1 Å². The minimum Gasteiger partial charge on any atom is -0.378 e. The molecule has 2 amide bonds. The molecule has 0 saturated heterocycles. The Labute approximate surface area is 193 Å². The lowest BCUT2D eigenvalue weighted by atomic mass is 10.0. The first-order valence-corrected chi connectivity index (χ1v) is 11.1. The van der Waals surface area contributed by atoms with Crippen molar-refractivity contribution in [3.05, 3.63) is 101 Å². The van der Waals surface area contributed by atoms with Crippen molar-refractivity contribution in [3.8, 4) is 0 Å². The number of carbonyl (C=O) groups excluding carboxylic acids is 2. The molecule has 1 heterocycles. The second-order valence-corrected chi connectivity index (χ2v) is 8.51. The Morgan fingerprint density at radius 3 is 2.33 bits per heavy atom. The Hall–Kier alpha value is -3.67. The van der Waals surface area contributed by atoms with Crippen LogP contribution in [0.2, 0.25) is 0 Å². The van der Waals surface area contributed by atoms with Crippen molar-refractivity contribution in [3.63, 3.8) is 0 Å². The lowest BCUT2D eigenvalue weighted by molar-refractivity contribution is -0.125. The van der Waals surface area contributed by atoms with E-state index >= 15 is 0 Å². The number of rotatable bonds is 8. The molecule has 0 saturated carbocycles. The van der Waals surface area contributed by atoms with Gasteiger partial charge in [0.25, 0.3) is 5.91 Å². The molecule has 3 aromatic rings. The maximum absolute atomic E-state index is 15.0. The second kappa shape index (κ2) is 9.86. The molecule has 1 aliphatic rings. The van der Waals surface area contributed by atoms with Crippen LogP contribution in [0.4, 0.5) is 10.1 Å². The molecule has 0 aromatic heterocycles. The van der Waals surface area contributed by atoms with E-state index < -0.39 is 12.2 Å². The van der Waals surface area contributed by atoms with E-state index in [1.165, 1.54) is 4.90 Å². The van der Waals surface area contributed by atoms with E-state index in [0.29, 0.717) is 17.7 Å². The summed E-state index contributed by atoms with van der Waals surface area (Å²) in [7, 11) is 3.94. The van der Waals surface area contributed by atoms with Crippen LogP contribution in [0.25, 0.3) is 0 Å². The molecule has 33 heavy (non-hydrogen) atoms. The normalized spacial score (nSPS) is 15.8. The Balaban J connectivity index is 1.48. The van der Waals surface area contributed by atoms with Gasteiger partial charge < -0.3 is 15.1 Å². The topological polar surface area (TPSA) is 52.7 Å². The van der Waals surface area contributed by atoms with Gasteiger partial charge in [0.2, 0.25) is 5.91 Å². The highest BCUT2D eigenvalue weighted by molar-refractivity contribution is 6.04. The van der Waals surface area contributed by atoms with Crippen LogP contribution in [0.15, 0.2) is 78.9 Å². The monoisotopic (exact) mass is 445 g/mol. The van der Waals surface area contributed by atoms with Crippen molar-refractivity contribution in [2.75, 3.05) is 25.5 Å². The number of hydrogen-bond acceptors (Lipinski definition) is 3. The molecule has 1 aliphatic heterocycles. The summed E-state index contributed by atoms with van der Waals surface area (Å²) >= 11 is 0. The van der Waals surface area contributed by atoms with Crippen LogP contribution in [-0.2, 0) is 17.8 Å². The van der Waals surface area contributed by atoms with Crippen LogP contribution in [-0.4, -0.2) is 43.5 Å². The molecule has 0 radical (unpaired) electrons. The Morgan fingerprint density at radius 1 is 0.970 bits per heavy atom. The van der Waals surface area contributed by atoms with E-state index in [1.807, 2.05) is 73.6 Å². The molecule has 0 fully saturated rings. The summed E-state index contributed by atoms with van der Waals surface area (Å²) in [5.74, 6) is -0.617. The molecule has 6 heteroatoms. The highest BCUT2D eigenvalue weighted by Crippen LogP contribution is 2.34. The number of carbonyl (C=O) groups is 2. The minimum absolute atomic E-state index is 0.141. The van der Waals surface area contributed by atoms with Crippen LogP contribution in [0.5, 0.6) is 0 Å². The second-order valence-electron chi connectivity index (χ2n) is 8.51. The quantitative estimate of drug-likeness (QED) is 0.567. The molecular formula is C27H28FN3O2. The Bertz CT molecular complexity index is 1120. The molecule has 0 spiro atoms. The van der Waals surface area contributed by atoms with Crippen molar-refractivity contribution in [1.82, 2.24) is 10.2 Å². The van der Waals surface area contributed by atoms with E-state index in [1.54, 1.807) is 24.3 Å². The van der Waals surface area contributed by atoms with Crippen LogP contribution < -0.4 is 10.2 Å². The number of nitrogens with zero attached hydrogens (tertiary/aromatic N) is 2. The maximum Gasteiger partial charge on any atom is 0.255 e. The van der Waals surface area contributed by atoms with Gasteiger partial charge in [0.05, 0.1) is 6.54 Å². The Morgan fingerprint density at radius 2 is 1.64 bits per heavy atom. The number of anilines is 1. The number of nitrogens with one attached hydrogen (secondary N) is 1. The number of hydrogen-bond donors (Lipinski definition) is 1. The van der Waals surface area contributed by atoms with Gasteiger partial charge in [-0.15, -0.1) is 0 Å². The molecular weight excluding hydrogens is 417 g/mol. The highest BCUT2D eigenvalue weighted by atomic mass is 19.1. The summed E-state index contributed by atoms with van der Waals surface area (Å²) in [5, 5.41) is 2.94. The molecule has 5 nitrogen and oxygen atoms in total. The van der Waals surface area contributed by atoms with E-state index in [4.69, 9.17) is 0 Å². The molecule has 2 atom stereocenters. The maximum atomic E-state index is 15.0. The van der Waals surface area contributed by atoms with Gasteiger partial charge in [-0.25, -0.2) is 4.39 Å². The van der Waals surface area contributed by atoms with Gasteiger partial charge in [0.15, 0.2) is 0 Å². The predicted octanol–water partition coefficient (Wildman–Crippen LogP) is 4.15. The average Bonchev–Trinajstić information content (AvgIpc) is 3.10. The first-order valence-electron chi connectivity index (χ1n) is 11.1. The van der Waals surface area contributed by atoms with Gasteiger partial charge in [-0.1, -0.05) is 60.7 Å². The Kier molecular flexibility index (Phi) is 6.73. The van der Waals surface area contributed by atoms with Crippen LogP contribution in [0.3, 0.4) is 0 Å². The highest BCUT2D eigenvalue weighted by Gasteiger charge is 2.41. The third-order valence-corrected chi connectivity index (χ3v) is 5.92. The summed E-state index contributed by atoms with van der Waals surface area (Å²) < 4.78 is 15.0. The molecule has 3 aromatic carbocycles. The smallest absolute Gasteiger partial charge is 0.255 e. The van der Waals surface area contributed by atoms with Crippen molar-refractivity contribution in [2.24, 2.45) is 0 Å². The minimum atomic E-state index is -1.28. The van der Waals surface area contributed by atoms with Crippen molar-refractivity contribution in [1.29, 1.82) is 0 Å². The summed E-state index contributed by atoms with van der Waals surface area (Å²) in [4.78, 5) is 29.6. The zero-order valence-corrected chi connectivity index (χ0v) is 18.9. The van der Waals surface area contributed by atoms with Crippen molar-refractivity contribution >= 4 is 17.5 Å². The SMILES string of the molecule is CN(C)c1ccc(CNC(=O)C2c3ccccc3C(=O)N2CC(F)Cc2ccccc2)cc1. The number of amides is 2. The van der Waals surface area contributed by atoms with Gasteiger partial charge in [-0.3, -0.25) is 9.59 Å². The fraction of sp³-hybridized carbons (Fsp3) is 0.259. The lowest BCUT2D eigenvalue weighted by Crippen LogP contribution is -2.42. The van der Waals surface area contributed by atoms with Gasteiger partial charge in [-0.2, -0.15) is 0 Å². The largest absolute Gasteiger partial charge is 0.378 e. The van der Waals surface area contributed by atoms with Gasteiger partial charge >= 0.3 is 0 Å². The molecule has 1 N–H and O–H groups in total. The van der Waals surface area contributed by atoms with Crippen LogP contribution >= 0.6 is 0 Å². The third kappa shape index (κ3) is 5.06. The first kappa shape index (κ1) is 22.5. The summed E-state index contributed by atoms with van der Waals surface area (Å²) in [6, 6.07) is 23.4. The standard InChI is InChI=1S/C27H28FN3O2/c1-30(2)22-14-12-20(13-15-22)17-29-26(32)25-23-10-6-7-11-24(23)27(33)31(25)18-21(28)16-19-8-4-3-5-9-19/h3-15,21,25H,16-18H2,1-2H3,(H,29,32). The van der Waals surface area contributed by atoms with Crippen molar-refractivity contribution in [2.45, 2.75) is 25.2 Å². The molecule has 170 valence electrons. The van der Waals surface area contributed by atoms with E-state index in [-0.39, 0.29) is 24.8 Å². The lowest BCUT2D eigenvalue weighted by Gasteiger charge is -2.26. The fourth-order valence-electron chi connectivity index (χ4n) is 4.19. The molecule has 4 rings (SSSR count). The average molecular weight is 446 g/mol. The third-order valence-electron chi connectivity index (χ3n) is 5.92. The molecule has 0 aliphatic carbocycles. The van der Waals surface area contributed by atoms with Gasteiger partial charge in [-0.05, 0) is 34.9 Å². The van der Waals surface area contributed by atoms with E-state index in [2.05, 4.69) is 5.32 Å². The number of fused-ring (bicyclic) bond motifs is 1. The number of benzene rings is 3. The van der Waals surface area contributed by atoms with Crippen molar-refractivity contribution < 1.29 is 14.0 Å². The zero-order valence-electron chi connectivity index (χ0n) is 18.9. The van der Waals surface area contributed by atoms with Gasteiger partial charge in [0, 0.05) is 38.3 Å². The van der Waals surface area contributed by atoms with Gasteiger partial charge in [0.1, 0.15) is 12.2 Å². The van der Waals surface area contributed by atoms with Crippen LogP contribution in [0, 0.1) is 0 Å². The summed E-state index contributed by atoms with van der Waals surface area (Å²) in [5.41, 5.74) is 3.95. The zero-order chi connectivity index (χ0) is 23.4.